The highest BCUT2D eigenvalue weighted by Gasteiger charge is 2.30. The van der Waals surface area contributed by atoms with E-state index in [9.17, 15) is 13.6 Å². The monoisotopic (exact) mass is 352 g/mol. The van der Waals surface area contributed by atoms with Crippen molar-refractivity contribution in [1.82, 2.24) is 4.90 Å². The molecule has 4 nitrogen and oxygen atoms in total. The third-order valence-electron chi connectivity index (χ3n) is 3.73. The molecular weight excluding hydrogens is 334 g/mol. The average Bonchev–Trinajstić information content (AvgIpc) is 3.26. The van der Waals surface area contributed by atoms with Gasteiger partial charge in [-0.3, -0.25) is 9.69 Å². The molecule has 0 bridgehead atoms. The van der Waals surface area contributed by atoms with Gasteiger partial charge in [0, 0.05) is 17.5 Å². The van der Waals surface area contributed by atoms with Crippen LogP contribution in [0.15, 0.2) is 41.8 Å². The lowest BCUT2D eigenvalue weighted by Gasteiger charge is -2.21. The van der Waals surface area contributed by atoms with Gasteiger partial charge in [-0.05, 0) is 36.4 Å². The lowest BCUT2D eigenvalue weighted by Crippen LogP contribution is -2.34. The molecule has 1 aromatic carbocycles. The van der Waals surface area contributed by atoms with Crippen LogP contribution < -0.4 is 10.1 Å². The van der Waals surface area contributed by atoms with E-state index in [4.69, 9.17) is 0 Å². The highest BCUT2D eigenvalue weighted by Crippen LogP contribution is 2.30. The Balaban J connectivity index is 1.62. The molecule has 0 radical (unpaired) electrons. The van der Waals surface area contributed by atoms with Crippen LogP contribution in [0.25, 0.3) is 0 Å². The van der Waals surface area contributed by atoms with Gasteiger partial charge < -0.3 is 10.1 Å². The molecule has 1 N–H and O–H groups in total. The molecule has 0 aliphatic heterocycles. The quantitative estimate of drug-likeness (QED) is 0.782. The predicted molar refractivity (Wildman–Crippen MR) is 89.5 cm³/mol. The summed E-state index contributed by atoms with van der Waals surface area (Å²) in [6.45, 7) is -1.97. The Morgan fingerprint density at radius 1 is 1.29 bits per heavy atom. The number of ether oxygens (including phenoxy) is 1. The van der Waals surface area contributed by atoms with Crippen molar-refractivity contribution in [3.05, 3.63) is 46.7 Å². The van der Waals surface area contributed by atoms with Crippen molar-refractivity contribution >= 4 is 22.9 Å². The highest BCUT2D eigenvalue weighted by atomic mass is 32.1. The molecule has 0 spiro atoms. The number of rotatable bonds is 8. The van der Waals surface area contributed by atoms with Gasteiger partial charge in [0.15, 0.2) is 0 Å². The van der Waals surface area contributed by atoms with Crippen molar-refractivity contribution in [2.24, 2.45) is 0 Å². The maximum atomic E-state index is 12.4. The summed E-state index contributed by atoms with van der Waals surface area (Å²) >= 11 is 1.66. The lowest BCUT2D eigenvalue weighted by molar-refractivity contribution is -0.117. The van der Waals surface area contributed by atoms with E-state index in [1.54, 1.807) is 29.5 Å². The second-order valence-electron chi connectivity index (χ2n) is 5.64. The van der Waals surface area contributed by atoms with Gasteiger partial charge in [0.2, 0.25) is 5.91 Å². The number of amides is 1. The van der Waals surface area contributed by atoms with Crippen LogP contribution in [0.3, 0.4) is 0 Å². The summed E-state index contributed by atoms with van der Waals surface area (Å²) in [6, 6.07) is 10.7. The van der Waals surface area contributed by atoms with Crippen molar-refractivity contribution < 1.29 is 18.3 Å². The molecule has 1 amide bonds. The fourth-order valence-electron chi connectivity index (χ4n) is 2.50. The number of hydrogen-bond acceptors (Lipinski definition) is 4. The topological polar surface area (TPSA) is 41.6 Å². The maximum Gasteiger partial charge on any atom is 0.387 e. The minimum atomic E-state index is -2.93. The Bertz CT molecular complexity index is 675. The van der Waals surface area contributed by atoms with E-state index in [0.29, 0.717) is 6.04 Å². The second-order valence-corrected chi connectivity index (χ2v) is 6.67. The number of nitrogens with one attached hydrogen (secondary N) is 1. The molecule has 1 saturated carbocycles. The van der Waals surface area contributed by atoms with Crippen LogP contribution in [-0.4, -0.2) is 30.0 Å². The van der Waals surface area contributed by atoms with Crippen LogP contribution in [-0.2, 0) is 11.3 Å². The van der Waals surface area contributed by atoms with Crippen LogP contribution in [0.2, 0.25) is 0 Å². The number of thiophene rings is 1. The maximum absolute atomic E-state index is 12.4. The third kappa shape index (κ3) is 4.75. The summed E-state index contributed by atoms with van der Waals surface area (Å²) in [5.74, 6) is -0.263. The number of benzene rings is 1. The number of carbonyl (C=O) groups excluding carboxylic acids is 1. The number of para-hydroxylation sites is 2. The zero-order valence-corrected chi connectivity index (χ0v) is 13.8. The average molecular weight is 352 g/mol. The SMILES string of the molecule is O=C(CN(Cc1cccs1)C1CC1)Nc1ccccc1OC(F)F. The minimum absolute atomic E-state index is 0.0305. The molecule has 128 valence electrons. The van der Waals surface area contributed by atoms with Crippen molar-refractivity contribution in [1.29, 1.82) is 0 Å². The zero-order valence-electron chi connectivity index (χ0n) is 13.0. The van der Waals surface area contributed by atoms with Gasteiger partial charge in [-0.25, -0.2) is 0 Å². The smallest absolute Gasteiger partial charge is 0.387 e. The fourth-order valence-corrected chi connectivity index (χ4v) is 3.23. The van der Waals surface area contributed by atoms with Crippen LogP contribution in [0, 0.1) is 0 Å². The molecule has 0 atom stereocenters. The van der Waals surface area contributed by atoms with Crippen LogP contribution in [0.4, 0.5) is 14.5 Å². The summed E-state index contributed by atoms with van der Waals surface area (Å²) in [5.41, 5.74) is 0.259. The first-order chi connectivity index (χ1) is 11.6. The van der Waals surface area contributed by atoms with Gasteiger partial charge in [-0.15, -0.1) is 11.3 Å². The molecular formula is C17H18F2N2O2S. The lowest BCUT2D eigenvalue weighted by atomic mass is 10.3. The number of halogens is 2. The fraction of sp³-hybridized carbons (Fsp3) is 0.353. The zero-order chi connectivity index (χ0) is 16.9. The molecule has 3 rings (SSSR count). The van der Waals surface area contributed by atoms with Crippen molar-refractivity contribution in [2.75, 3.05) is 11.9 Å². The molecule has 0 unspecified atom stereocenters. The number of nitrogens with zero attached hydrogens (tertiary/aromatic N) is 1. The molecule has 1 aliphatic carbocycles. The molecule has 1 aromatic heterocycles. The second kappa shape index (κ2) is 7.72. The predicted octanol–water partition coefficient (Wildman–Crippen LogP) is 3.95. The highest BCUT2D eigenvalue weighted by molar-refractivity contribution is 7.09. The number of anilines is 1. The Morgan fingerprint density at radius 3 is 2.75 bits per heavy atom. The summed E-state index contributed by atoms with van der Waals surface area (Å²) in [5, 5.41) is 4.69. The number of alkyl halides is 2. The van der Waals surface area contributed by atoms with Crippen LogP contribution in [0.5, 0.6) is 5.75 Å². The molecule has 2 aromatic rings. The van der Waals surface area contributed by atoms with Gasteiger partial charge >= 0.3 is 6.61 Å². The third-order valence-corrected chi connectivity index (χ3v) is 4.59. The van der Waals surface area contributed by atoms with E-state index in [1.165, 1.54) is 10.9 Å². The number of carbonyl (C=O) groups is 1. The van der Waals surface area contributed by atoms with E-state index >= 15 is 0 Å². The van der Waals surface area contributed by atoms with E-state index < -0.39 is 6.61 Å². The molecule has 0 saturated heterocycles. The van der Waals surface area contributed by atoms with E-state index in [2.05, 4.69) is 15.0 Å². The Kier molecular flexibility index (Phi) is 5.42. The van der Waals surface area contributed by atoms with Gasteiger partial charge in [0.05, 0.1) is 12.2 Å². The molecule has 1 heterocycles. The summed E-state index contributed by atoms with van der Waals surface area (Å²) < 4.78 is 29.3. The summed E-state index contributed by atoms with van der Waals surface area (Å²) in [6.07, 6.45) is 2.17. The van der Waals surface area contributed by atoms with Crippen molar-refractivity contribution in [3.8, 4) is 5.75 Å². The normalized spacial score (nSPS) is 14.2. The largest absolute Gasteiger partial charge is 0.433 e. The van der Waals surface area contributed by atoms with Gasteiger partial charge in [0.25, 0.3) is 0 Å². The Hall–Kier alpha value is -1.99. The van der Waals surface area contributed by atoms with Gasteiger partial charge in [0.1, 0.15) is 5.75 Å². The molecule has 24 heavy (non-hydrogen) atoms. The van der Waals surface area contributed by atoms with Crippen LogP contribution in [0.1, 0.15) is 17.7 Å². The first-order valence-electron chi connectivity index (χ1n) is 7.72. The molecule has 1 aliphatic rings. The summed E-state index contributed by atoms with van der Waals surface area (Å²) in [7, 11) is 0. The first-order valence-corrected chi connectivity index (χ1v) is 8.60. The molecule has 1 fully saturated rings. The minimum Gasteiger partial charge on any atom is -0.433 e. The van der Waals surface area contributed by atoms with Gasteiger partial charge in [-0.1, -0.05) is 18.2 Å². The summed E-state index contributed by atoms with van der Waals surface area (Å²) in [4.78, 5) is 15.7. The van der Waals surface area contributed by atoms with Crippen LogP contribution >= 0.6 is 11.3 Å². The van der Waals surface area contributed by atoms with E-state index in [-0.39, 0.29) is 23.9 Å². The Labute approximate surface area is 143 Å². The number of hydrogen-bond donors (Lipinski definition) is 1. The van der Waals surface area contributed by atoms with E-state index in [0.717, 1.165) is 19.4 Å². The van der Waals surface area contributed by atoms with Crippen molar-refractivity contribution in [3.63, 3.8) is 0 Å². The van der Waals surface area contributed by atoms with E-state index in [1.807, 2.05) is 17.5 Å². The van der Waals surface area contributed by atoms with Gasteiger partial charge in [-0.2, -0.15) is 8.78 Å². The standard InChI is InChI=1S/C17H18F2N2O2S/c18-17(19)23-15-6-2-1-5-14(15)20-16(22)11-21(12-7-8-12)10-13-4-3-9-24-13/h1-6,9,12,17H,7-8,10-11H2,(H,20,22). The van der Waals surface area contributed by atoms with Crippen molar-refractivity contribution in [2.45, 2.75) is 32.0 Å². The first kappa shape index (κ1) is 16.9. The molecule has 7 heteroatoms. The Morgan fingerprint density at radius 2 is 2.08 bits per heavy atom.